The highest BCUT2D eigenvalue weighted by Crippen LogP contribution is 2.61. The van der Waals surface area contributed by atoms with Crippen LogP contribution in [0.4, 0.5) is 0 Å². The molecule has 4 aliphatic rings. The molecule has 3 nitrogen and oxygen atoms in total. The summed E-state index contributed by atoms with van der Waals surface area (Å²) in [5, 5.41) is 3.16. The first-order valence-electron chi connectivity index (χ1n) is 8.02. The van der Waals surface area contributed by atoms with E-state index in [1.54, 1.807) is 0 Å². The normalized spacial score (nSPS) is 41.0. The fourth-order valence-electron chi connectivity index (χ4n) is 5.40. The lowest BCUT2D eigenvalue weighted by atomic mass is 9.48. The van der Waals surface area contributed by atoms with Gasteiger partial charge in [-0.3, -0.25) is 4.79 Å². The van der Waals surface area contributed by atoms with Gasteiger partial charge in [0.05, 0.1) is 6.04 Å². The Kier molecular flexibility index (Phi) is 3.54. The molecule has 4 rings (SSSR count). The molecule has 4 fully saturated rings. The SMILES string of the molecule is C#CCC(N)C(=O)NC(C)C12CC3CC(CC(C3)C1)C2. The number of hydrogen-bond acceptors (Lipinski definition) is 2. The highest BCUT2D eigenvalue weighted by molar-refractivity contribution is 5.82. The van der Waals surface area contributed by atoms with Crippen molar-refractivity contribution < 1.29 is 4.79 Å². The minimum Gasteiger partial charge on any atom is -0.352 e. The number of hydrogen-bond donors (Lipinski definition) is 2. The van der Waals surface area contributed by atoms with E-state index >= 15 is 0 Å². The first kappa shape index (κ1) is 13.9. The molecule has 3 heteroatoms. The first-order valence-corrected chi connectivity index (χ1v) is 8.02. The highest BCUT2D eigenvalue weighted by Gasteiger charge is 2.53. The van der Waals surface area contributed by atoms with Gasteiger partial charge in [-0.2, -0.15) is 0 Å². The molecule has 0 aromatic carbocycles. The van der Waals surface area contributed by atoms with Crippen molar-refractivity contribution in [3.63, 3.8) is 0 Å². The summed E-state index contributed by atoms with van der Waals surface area (Å²) in [6.45, 7) is 2.17. The van der Waals surface area contributed by atoms with Gasteiger partial charge in [0.2, 0.25) is 5.91 Å². The van der Waals surface area contributed by atoms with E-state index in [4.69, 9.17) is 12.2 Å². The number of nitrogens with one attached hydrogen (secondary N) is 1. The van der Waals surface area contributed by atoms with Crippen molar-refractivity contribution >= 4 is 5.91 Å². The summed E-state index contributed by atoms with van der Waals surface area (Å²) in [4.78, 5) is 12.1. The van der Waals surface area contributed by atoms with Gasteiger partial charge in [-0.1, -0.05) is 0 Å². The van der Waals surface area contributed by atoms with Gasteiger partial charge in [0.15, 0.2) is 0 Å². The molecular formula is C17H26N2O. The third kappa shape index (κ3) is 2.35. The standard InChI is InChI=1S/C17H26N2O/c1-3-4-15(18)16(20)19-11(2)17-8-12-5-13(9-17)7-14(6-12)10-17/h1,11-15H,4-10,18H2,2H3,(H,19,20). The van der Waals surface area contributed by atoms with Gasteiger partial charge in [-0.15, -0.1) is 12.3 Å². The van der Waals surface area contributed by atoms with E-state index < -0.39 is 6.04 Å². The quantitative estimate of drug-likeness (QED) is 0.771. The molecule has 0 heterocycles. The zero-order chi connectivity index (χ0) is 14.3. The molecule has 0 spiro atoms. The van der Waals surface area contributed by atoms with Crippen LogP contribution < -0.4 is 11.1 Å². The Bertz CT molecular complexity index is 401. The monoisotopic (exact) mass is 274 g/mol. The number of nitrogens with two attached hydrogens (primary N) is 1. The zero-order valence-corrected chi connectivity index (χ0v) is 12.4. The minimum absolute atomic E-state index is 0.0776. The Morgan fingerprint density at radius 2 is 1.80 bits per heavy atom. The van der Waals surface area contributed by atoms with Crippen molar-refractivity contribution in [1.29, 1.82) is 0 Å². The Morgan fingerprint density at radius 3 is 2.25 bits per heavy atom. The van der Waals surface area contributed by atoms with Gasteiger partial charge in [0.1, 0.15) is 0 Å². The van der Waals surface area contributed by atoms with E-state index in [1.807, 2.05) is 0 Å². The molecular weight excluding hydrogens is 248 g/mol. The maximum Gasteiger partial charge on any atom is 0.238 e. The maximum absolute atomic E-state index is 12.1. The topological polar surface area (TPSA) is 55.1 Å². The van der Waals surface area contributed by atoms with E-state index in [0.29, 0.717) is 11.8 Å². The van der Waals surface area contributed by atoms with Gasteiger partial charge in [0, 0.05) is 12.5 Å². The molecule has 0 radical (unpaired) electrons. The van der Waals surface area contributed by atoms with Crippen molar-refractivity contribution in [2.24, 2.45) is 28.9 Å². The summed E-state index contributed by atoms with van der Waals surface area (Å²) in [6.07, 6.45) is 13.7. The van der Waals surface area contributed by atoms with Crippen LogP contribution in [-0.2, 0) is 4.79 Å². The molecule has 0 aromatic rings. The van der Waals surface area contributed by atoms with Crippen molar-refractivity contribution in [1.82, 2.24) is 5.32 Å². The fourth-order valence-corrected chi connectivity index (χ4v) is 5.40. The lowest BCUT2D eigenvalue weighted by molar-refractivity contribution is -0.127. The van der Waals surface area contributed by atoms with Crippen LogP contribution in [0.15, 0.2) is 0 Å². The van der Waals surface area contributed by atoms with E-state index in [0.717, 1.165) is 17.8 Å². The number of rotatable bonds is 4. The number of carbonyl (C=O) groups excluding carboxylic acids is 1. The Hall–Kier alpha value is -1.01. The van der Waals surface area contributed by atoms with Gasteiger partial charge >= 0.3 is 0 Å². The molecule has 0 aromatic heterocycles. The largest absolute Gasteiger partial charge is 0.352 e. The predicted octanol–water partition coefficient (Wildman–Crippen LogP) is 2.06. The average Bonchev–Trinajstić information content (AvgIpc) is 2.37. The van der Waals surface area contributed by atoms with E-state index in [9.17, 15) is 4.79 Å². The zero-order valence-electron chi connectivity index (χ0n) is 12.4. The highest BCUT2D eigenvalue weighted by atomic mass is 16.2. The Labute approximate surface area is 122 Å². The lowest BCUT2D eigenvalue weighted by Gasteiger charge is -2.59. The average molecular weight is 274 g/mol. The Balaban J connectivity index is 1.66. The van der Waals surface area contributed by atoms with Gasteiger partial charge in [-0.25, -0.2) is 0 Å². The first-order chi connectivity index (χ1) is 9.52. The summed E-state index contributed by atoms with van der Waals surface area (Å²) in [5.74, 6) is 5.10. The van der Waals surface area contributed by atoms with Crippen LogP contribution in [0.2, 0.25) is 0 Å². The number of amides is 1. The fraction of sp³-hybridized carbons (Fsp3) is 0.824. The summed E-state index contributed by atoms with van der Waals surface area (Å²) >= 11 is 0. The molecule has 0 aliphatic heterocycles. The van der Waals surface area contributed by atoms with E-state index in [-0.39, 0.29) is 11.9 Å². The van der Waals surface area contributed by atoms with Crippen molar-refractivity contribution in [3.05, 3.63) is 0 Å². The molecule has 20 heavy (non-hydrogen) atoms. The van der Waals surface area contributed by atoms with Crippen LogP contribution >= 0.6 is 0 Å². The minimum atomic E-state index is -0.559. The molecule has 2 unspecified atom stereocenters. The Morgan fingerprint density at radius 1 is 1.30 bits per heavy atom. The molecule has 110 valence electrons. The molecule has 2 atom stereocenters. The maximum atomic E-state index is 12.1. The van der Waals surface area contributed by atoms with Crippen molar-refractivity contribution in [2.75, 3.05) is 0 Å². The van der Waals surface area contributed by atoms with Crippen molar-refractivity contribution in [3.8, 4) is 12.3 Å². The molecule has 0 saturated heterocycles. The van der Waals surface area contributed by atoms with Gasteiger partial charge in [0.25, 0.3) is 0 Å². The van der Waals surface area contributed by atoms with Crippen LogP contribution in [0, 0.1) is 35.5 Å². The predicted molar refractivity (Wildman–Crippen MR) is 79.6 cm³/mol. The van der Waals surface area contributed by atoms with Crippen LogP contribution in [0.25, 0.3) is 0 Å². The smallest absolute Gasteiger partial charge is 0.238 e. The van der Waals surface area contributed by atoms with Crippen molar-refractivity contribution in [2.45, 2.75) is 64.0 Å². The third-order valence-corrected chi connectivity index (χ3v) is 6.04. The second-order valence-electron chi connectivity index (χ2n) is 7.52. The third-order valence-electron chi connectivity index (χ3n) is 6.04. The van der Waals surface area contributed by atoms with Crippen LogP contribution in [0.1, 0.15) is 51.9 Å². The number of terminal acetylenes is 1. The summed E-state index contributed by atoms with van der Waals surface area (Å²) in [7, 11) is 0. The van der Waals surface area contributed by atoms with Crippen LogP contribution in [-0.4, -0.2) is 18.0 Å². The summed E-state index contributed by atoms with van der Waals surface area (Å²) in [6, 6.07) is -0.330. The molecule has 4 aliphatic carbocycles. The number of carbonyl (C=O) groups is 1. The lowest BCUT2D eigenvalue weighted by Crippen LogP contribution is -2.57. The van der Waals surface area contributed by atoms with Gasteiger partial charge < -0.3 is 11.1 Å². The second-order valence-corrected chi connectivity index (χ2v) is 7.52. The van der Waals surface area contributed by atoms with E-state index in [1.165, 1.54) is 38.5 Å². The molecule has 3 N–H and O–H groups in total. The molecule has 4 bridgehead atoms. The summed E-state index contributed by atoms with van der Waals surface area (Å²) < 4.78 is 0. The van der Waals surface area contributed by atoms with E-state index in [2.05, 4.69) is 18.2 Å². The van der Waals surface area contributed by atoms with Gasteiger partial charge in [-0.05, 0) is 68.6 Å². The summed E-state index contributed by atoms with van der Waals surface area (Å²) in [5.41, 5.74) is 6.15. The second kappa shape index (κ2) is 5.07. The molecule has 4 saturated carbocycles. The van der Waals surface area contributed by atoms with Crippen LogP contribution in [0.5, 0.6) is 0 Å². The van der Waals surface area contributed by atoms with Crippen LogP contribution in [0.3, 0.4) is 0 Å². The molecule has 1 amide bonds.